The van der Waals surface area contributed by atoms with Crippen molar-refractivity contribution in [1.82, 2.24) is 4.90 Å². The van der Waals surface area contributed by atoms with Crippen molar-refractivity contribution in [2.75, 3.05) is 13.1 Å². The second-order valence-corrected chi connectivity index (χ2v) is 4.54. The van der Waals surface area contributed by atoms with Gasteiger partial charge in [-0.1, -0.05) is 12.2 Å². The molecular formula is C13H14INO. The van der Waals surface area contributed by atoms with E-state index in [0.717, 1.165) is 3.57 Å². The third-order valence-electron chi connectivity index (χ3n) is 2.08. The van der Waals surface area contributed by atoms with Gasteiger partial charge in [0, 0.05) is 22.2 Å². The number of hydrogen-bond acceptors (Lipinski definition) is 1. The van der Waals surface area contributed by atoms with Gasteiger partial charge in [-0.15, -0.1) is 13.2 Å². The lowest BCUT2D eigenvalue weighted by Gasteiger charge is -2.19. The molecule has 0 radical (unpaired) electrons. The molecule has 16 heavy (non-hydrogen) atoms. The minimum absolute atomic E-state index is 0.0104. The maximum atomic E-state index is 12.1. The molecule has 1 amide bonds. The zero-order valence-electron chi connectivity index (χ0n) is 9.03. The highest BCUT2D eigenvalue weighted by molar-refractivity contribution is 14.1. The summed E-state index contributed by atoms with van der Waals surface area (Å²) in [5.41, 5.74) is 0.698. The summed E-state index contributed by atoms with van der Waals surface area (Å²) in [5.74, 6) is 0.0104. The van der Waals surface area contributed by atoms with E-state index in [2.05, 4.69) is 35.7 Å². The largest absolute Gasteiger partial charge is 0.331 e. The molecule has 1 aromatic rings. The van der Waals surface area contributed by atoms with Crippen molar-refractivity contribution < 1.29 is 4.79 Å². The Morgan fingerprint density at radius 1 is 1.19 bits per heavy atom. The molecule has 0 unspecified atom stereocenters. The second-order valence-electron chi connectivity index (χ2n) is 3.29. The summed E-state index contributed by atoms with van der Waals surface area (Å²) >= 11 is 2.21. The molecule has 0 fully saturated rings. The van der Waals surface area contributed by atoms with Crippen LogP contribution in [0, 0.1) is 3.57 Å². The zero-order chi connectivity index (χ0) is 12.0. The van der Waals surface area contributed by atoms with Gasteiger partial charge in [0.1, 0.15) is 0 Å². The summed E-state index contributed by atoms with van der Waals surface area (Å²) < 4.78 is 1.12. The van der Waals surface area contributed by atoms with Gasteiger partial charge < -0.3 is 4.90 Å². The van der Waals surface area contributed by atoms with Crippen LogP contribution >= 0.6 is 22.6 Å². The number of hydrogen-bond donors (Lipinski definition) is 0. The highest BCUT2D eigenvalue weighted by Crippen LogP contribution is 2.09. The van der Waals surface area contributed by atoms with Crippen LogP contribution in [0.25, 0.3) is 0 Å². The molecule has 0 saturated carbocycles. The highest BCUT2D eigenvalue weighted by Gasteiger charge is 2.12. The standard InChI is InChI=1S/C13H14INO/c1-3-9-15(10-4-2)13(16)11-5-7-12(14)8-6-11/h3-8H,1-2,9-10H2. The molecule has 0 aliphatic heterocycles. The molecule has 0 aliphatic carbocycles. The molecule has 3 heteroatoms. The Kier molecular flexibility index (Phi) is 5.25. The molecule has 1 aromatic carbocycles. The van der Waals surface area contributed by atoms with Crippen LogP contribution < -0.4 is 0 Å². The van der Waals surface area contributed by atoms with Gasteiger partial charge >= 0.3 is 0 Å². The number of benzene rings is 1. The van der Waals surface area contributed by atoms with E-state index in [1.54, 1.807) is 17.1 Å². The highest BCUT2D eigenvalue weighted by atomic mass is 127. The average Bonchev–Trinajstić information content (AvgIpc) is 2.29. The third kappa shape index (κ3) is 3.48. The first-order valence-electron chi connectivity index (χ1n) is 4.95. The number of carbonyl (C=O) groups excluding carboxylic acids is 1. The molecule has 84 valence electrons. The molecule has 2 nitrogen and oxygen atoms in total. The van der Waals surface area contributed by atoms with Crippen molar-refractivity contribution in [3.05, 3.63) is 58.7 Å². The minimum atomic E-state index is 0.0104. The van der Waals surface area contributed by atoms with Gasteiger partial charge in [-0.3, -0.25) is 4.79 Å². The van der Waals surface area contributed by atoms with Gasteiger partial charge in [0.05, 0.1) is 0 Å². The van der Waals surface area contributed by atoms with Gasteiger partial charge in [0.2, 0.25) is 0 Å². The van der Waals surface area contributed by atoms with Crippen molar-refractivity contribution in [2.45, 2.75) is 0 Å². The molecule has 0 N–H and O–H groups in total. The Morgan fingerprint density at radius 3 is 2.12 bits per heavy atom. The van der Waals surface area contributed by atoms with E-state index in [-0.39, 0.29) is 5.91 Å². The van der Waals surface area contributed by atoms with Gasteiger partial charge in [0.25, 0.3) is 5.91 Å². The third-order valence-corrected chi connectivity index (χ3v) is 2.80. The van der Waals surface area contributed by atoms with E-state index in [1.807, 2.05) is 24.3 Å². The van der Waals surface area contributed by atoms with Crippen LogP contribution in [-0.2, 0) is 0 Å². The van der Waals surface area contributed by atoms with Crippen LogP contribution in [0.5, 0.6) is 0 Å². The van der Waals surface area contributed by atoms with Gasteiger partial charge in [-0.2, -0.15) is 0 Å². The molecule has 0 aliphatic rings. The number of nitrogens with zero attached hydrogens (tertiary/aromatic N) is 1. The maximum absolute atomic E-state index is 12.1. The lowest BCUT2D eigenvalue weighted by molar-refractivity contribution is 0.0791. The molecule has 1 rings (SSSR count). The van der Waals surface area contributed by atoms with Gasteiger partial charge in [0.15, 0.2) is 0 Å². The van der Waals surface area contributed by atoms with Crippen LogP contribution in [0.2, 0.25) is 0 Å². The maximum Gasteiger partial charge on any atom is 0.254 e. The normalized spacial score (nSPS) is 9.56. The summed E-state index contributed by atoms with van der Waals surface area (Å²) in [7, 11) is 0. The zero-order valence-corrected chi connectivity index (χ0v) is 11.2. The van der Waals surface area contributed by atoms with Crippen molar-refractivity contribution in [3.8, 4) is 0 Å². The van der Waals surface area contributed by atoms with Crippen LogP contribution in [0.4, 0.5) is 0 Å². The smallest absolute Gasteiger partial charge is 0.254 e. The van der Waals surface area contributed by atoms with Crippen molar-refractivity contribution >= 4 is 28.5 Å². The van der Waals surface area contributed by atoms with Crippen molar-refractivity contribution in [3.63, 3.8) is 0 Å². The van der Waals surface area contributed by atoms with E-state index >= 15 is 0 Å². The van der Waals surface area contributed by atoms with Gasteiger partial charge in [-0.05, 0) is 46.9 Å². The quantitative estimate of drug-likeness (QED) is 0.601. The Morgan fingerprint density at radius 2 is 1.69 bits per heavy atom. The number of halogens is 1. The fraction of sp³-hybridized carbons (Fsp3) is 0.154. The number of carbonyl (C=O) groups is 1. The van der Waals surface area contributed by atoms with Crippen LogP contribution in [0.15, 0.2) is 49.6 Å². The fourth-order valence-corrected chi connectivity index (χ4v) is 1.69. The summed E-state index contributed by atoms with van der Waals surface area (Å²) in [6.45, 7) is 8.36. The lowest BCUT2D eigenvalue weighted by Crippen LogP contribution is -2.31. The first kappa shape index (κ1) is 13.0. The molecule has 0 aromatic heterocycles. The van der Waals surface area contributed by atoms with Crippen molar-refractivity contribution in [2.24, 2.45) is 0 Å². The lowest BCUT2D eigenvalue weighted by atomic mass is 10.2. The second kappa shape index (κ2) is 6.48. The van der Waals surface area contributed by atoms with Gasteiger partial charge in [-0.25, -0.2) is 0 Å². The Labute approximate surface area is 110 Å². The summed E-state index contributed by atoms with van der Waals surface area (Å²) in [6.07, 6.45) is 3.43. The first-order chi connectivity index (χ1) is 7.69. The Balaban J connectivity index is 2.84. The molecule has 0 saturated heterocycles. The van der Waals surface area contributed by atoms with Crippen molar-refractivity contribution in [1.29, 1.82) is 0 Å². The predicted molar refractivity (Wildman–Crippen MR) is 75.5 cm³/mol. The number of rotatable bonds is 5. The molecule has 0 spiro atoms. The predicted octanol–water partition coefficient (Wildman–Crippen LogP) is 3.11. The molecular weight excluding hydrogens is 313 g/mol. The SMILES string of the molecule is C=CCN(CC=C)C(=O)c1ccc(I)cc1. The van der Waals surface area contributed by atoms with Crippen LogP contribution in [0.3, 0.4) is 0 Å². The van der Waals surface area contributed by atoms with E-state index in [1.165, 1.54) is 0 Å². The molecule has 0 atom stereocenters. The Hall–Kier alpha value is -1.10. The minimum Gasteiger partial charge on any atom is -0.331 e. The monoisotopic (exact) mass is 327 g/mol. The Bertz CT molecular complexity index is 373. The van der Waals surface area contributed by atoms with E-state index in [9.17, 15) is 4.79 Å². The fourth-order valence-electron chi connectivity index (χ4n) is 1.33. The van der Waals surface area contributed by atoms with Crippen LogP contribution in [0.1, 0.15) is 10.4 Å². The average molecular weight is 327 g/mol. The first-order valence-corrected chi connectivity index (χ1v) is 6.03. The number of amides is 1. The van der Waals surface area contributed by atoms with Crippen LogP contribution in [-0.4, -0.2) is 23.9 Å². The summed E-state index contributed by atoms with van der Waals surface area (Å²) in [6, 6.07) is 7.52. The summed E-state index contributed by atoms with van der Waals surface area (Å²) in [5, 5.41) is 0. The molecule has 0 bridgehead atoms. The summed E-state index contributed by atoms with van der Waals surface area (Å²) in [4.78, 5) is 13.8. The van der Waals surface area contributed by atoms with E-state index in [4.69, 9.17) is 0 Å². The van der Waals surface area contributed by atoms with E-state index in [0.29, 0.717) is 18.7 Å². The van der Waals surface area contributed by atoms with E-state index < -0.39 is 0 Å². The molecule has 0 heterocycles. The topological polar surface area (TPSA) is 20.3 Å².